The van der Waals surface area contributed by atoms with Crippen LogP contribution in [0.5, 0.6) is 0 Å². The van der Waals surface area contributed by atoms with Crippen molar-refractivity contribution in [3.05, 3.63) is 71.8 Å². The van der Waals surface area contributed by atoms with Gasteiger partial charge in [-0.15, -0.1) is 0 Å². The molecule has 2 aromatic rings. The van der Waals surface area contributed by atoms with Gasteiger partial charge in [-0.05, 0) is 49.7 Å². The van der Waals surface area contributed by atoms with Gasteiger partial charge in [0.15, 0.2) is 0 Å². The summed E-state index contributed by atoms with van der Waals surface area (Å²) in [5.41, 5.74) is 1.88. The molecule has 0 unspecified atom stereocenters. The Bertz CT molecular complexity index is 893. The molecule has 2 aliphatic rings. The maximum atomic E-state index is 12.2. The molecule has 2 aromatic carbocycles. The number of hydrogen-bond acceptors (Lipinski definition) is 3. The minimum atomic E-state index is -0.810. The molecule has 1 saturated heterocycles. The van der Waals surface area contributed by atoms with E-state index in [9.17, 15) is 15.2 Å². The fraction of sp³-hybridized carbons (Fsp3) is 0.462. The molecule has 1 aliphatic heterocycles. The summed E-state index contributed by atoms with van der Waals surface area (Å²) in [6, 6.07) is 23.1. The molecule has 5 nitrogen and oxygen atoms in total. The van der Waals surface area contributed by atoms with Crippen molar-refractivity contribution >= 4 is 6.09 Å². The number of benzene rings is 2. The highest BCUT2D eigenvalue weighted by Crippen LogP contribution is 2.41. The monoisotopic (exact) mass is 417 g/mol. The zero-order chi connectivity index (χ0) is 21.7. The van der Waals surface area contributed by atoms with E-state index in [1.807, 2.05) is 36.4 Å². The number of nitriles is 1. The summed E-state index contributed by atoms with van der Waals surface area (Å²) < 4.78 is 0. The van der Waals surface area contributed by atoms with Gasteiger partial charge in [-0.2, -0.15) is 5.26 Å². The predicted molar refractivity (Wildman–Crippen MR) is 121 cm³/mol. The smallest absolute Gasteiger partial charge is 0.407 e. The lowest BCUT2D eigenvalue weighted by Gasteiger charge is -2.44. The van der Waals surface area contributed by atoms with Crippen LogP contribution in [0.3, 0.4) is 0 Å². The Kier molecular flexibility index (Phi) is 6.58. The summed E-state index contributed by atoms with van der Waals surface area (Å²) in [7, 11) is 0. The Balaban J connectivity index is 1.37. The highest BCUT2D eigenvalue weighted by atomic mass is 16.4. The van der Waals surface area contributed by atoms with Crippen LogP contribution in [0.25, 0.3) is 0 Å². The largest absolute Gasteiger partial charge is 0.465 e. The normalized spacial score (nSPS) is 24.9. The second-order valence-corrected chi connectivity index (χ2v) is 8.97. The molecule has 5 heteroatoms. The molecule has 0 atom stereocenters. The Morgan fingerprint density at radius 1 is 0.968 bits per heavy atom. The van der Waals surface area contributed by atoms with Crippen LogP contribution in [0, 0.1) is 11.3 Å². The second kappa shape index (κ2) is 9.53. The SMILES string of the molecule is N#CC1(c2ccccc2)CCC(N(C(=O)O)C2CCN(Cc3ccccc3)CC2)CC1. The molecular weight excluding hydrogens is 386 g/mol. The van der Waals surface area contributed by atoms with E-state index in [0.717, 1.165) is 63.7 Å². The third-order valence-electron chi connectivity index (χ3n) is 7.16. The predicted octanol–water partition coefficient (Wildman–Crippen LogP) is 5.04. The summed E-state index contributed by atoms with van der Waals surface area (Å²) in [4.78, 5) is 16.4. The fourth-order valence-electron chi connectivity index (χ4n) is 5.40. The van der Waals surface area contributed by atoms with E-state index in [1.54, 1.807) is 4.90 Å². The van der Waals surface area contributed by atoms with E-state index in [2.05, 4.69) is 35.2 Å². The van der Waals surface area contributed by atoms with Crippen LogP contribution in [-0.4, -0.2) is 46.2 Å². The van der Waals surface area contributed by atoms with Crippen molar-refractivity contribution in [3.8, 4) is 6.07 Å². The van der Waals surface area contributed by atoms with E-state index in [-0.39, 0.29) is 12.1 Å². The van der Waals surface area contributed by atoms with E-state index in [1.165, 1.54) is 5.56 Å². The topological polar surface area (TPSA) is 67.6 Å². The lowest BCUT2D eigenvalue weighted by Crippen LogP contribution is -2.53. The number of carboxylic acid groups (broad SMARTS) is 1. The van der Waals surface area contributed by atoms with Gasteiger partial charge in [-0.3, -0.25) is 4.90 Å². The van der Waals surface area contributed by atoms with Crippen LogP contribution in [0.4, 0.5) is 4.79 Å². The number of nitrogens with zero attached hydrogens (tertiary/aromatic N) is 3. The van der Waals surface area contributed by atoms with Gasteiger partial charge in [0.1, 0.15) is 0 Å². The summed E-state index contributed by atoms with van der Waals surface area (Å²) in [5, 5.41) is 20.0. The van der Waals surface area contributed by atoms with Gasteiger partial charge < -0.3 is 10.0 Å². The van der Waals surface area contributed by atoms with Crippen molar-refractivity contribution in [2.45, 2.75) is 62.6 Å². The molecule has 4 rings (SSSR count). The summed E-state index contributed by atoms with van der Waals surface area (Å²) >= 11 is 0. The zero-order valence-corrected chi connectivity index (χ0v) is 18.0. The fourth-order valence-corrected chi connectivity index (χ4v) is 5.40. The summed E-state index contributed by atoms with van der Waals surface area (Å²) in [6.45, 7) is 2.76. The number of carbonyl (C=O) groups is 1. The molecule has 31 heavy (non-hydrogen) atoms. The van der Waals surface area contributed by atoms with Crippen molar-refractivity contribution < 1.29 is 9.90 Å². The highest BCUT2D eigenvalue weighted by Gasteiger charge is 2.41. The first-order chi connectivity index (χ1) is 15.1. The minimum Gasteiger partial charge on any atom is -0.465 e. The molecule has 1 amide bonds. The summed E-state index contributed by atoms with van der Waals surface area (Å²) in [5.74, 6) is 0. The maximum absolute atomic E-state index is 12.2. The van der Waals surface area contributed by atoms with Crippen LogP contribution < -0.4 is 0 Å². The molecule has 1 aliphatic carbocycles. The molecule has 162 valence electrons. The number of piperidine rings is 1. The molecule has 0 radical (unpaired) electrons. The molecule has 0 aromatic heterocycles. The molecule has 1 saturated carbocycles. The lowest BCUT2D eigenvalue weighted by atomic mass is 9.69. The summed E-state index contributed by atoms with van der Waals surface area (Å²) in [6.07, 6.45) is 3.87. The Morgan fingerprint density at radius 3 is 2.06 bits per heavy atom. The Labute approximate surface area is 184 Å². The molecule has 0 bridgehead atoms. The van der Waals surface area contributed by atoms with E-state index >= 15 is 0 Å². The van der Waals surface area contributed by atoms with Gasteiger partial charge >= 0.3 is 6.09 Å². The Hall–Kier alpha value is -2.84. The number of amides is 1. The van der Waals surface area contributed by atoms with Gasteiger partial charge in [0, 0.05) is 31.7 Å². The average Bonchev–Trinajstić information content (AvgIpc) is 2.82. The van der Waals surface area contributed by atoms with Gasteiger partial charge in [-0.1, -0.05) is 60.7 Å². The number of hydrogen-bond donors (Lipinski definition) is 1. The molecular formula is C26H31N3O2. The van der Waals surface area contributed by atoms with Crippen LogP contribution in [-0.2, 0) is 12.0 Å². The zero-order valence-electron chi connectivity index (χ0n) is 18.0. The number of rotatable bonds is 5. The third kappa shape index (κ3) is 4.75. The van der Waals surface area contributed by atoms with Gasteiger partial charge in [0.2, 0.25) is 0 Å². The number of likely N-dealkylation sites (tertiary alicyclic amines) is 1. The van der Waals surface area contributed by atoms with E-state index in [4.69, 9.17) is 0 Å². The van der Waals surface area contributed by atoms with Crippen LogP contribution in [0.2, 0.25) is 0 Å². The molecule has 1 N–H and O–H groups in total. The minimum absolute atomic E-state index is 0.00774. The van der Waals surface area contributed by atoms with Crippen molar-refractivity contribution in [2.24, 2.45) is 0 Å². The van der Waals surface area contributed by atoms with Crippen molar-refractivity contribution in [3.63, 3.8) is 0 Å². The van der Waals surface area contributed by atoms with Crippen molar-refractivity contribution in [2.75, 3.05) is 13.1 Å². The first-order valence-electron chi connectivity index (χ1n) is 11.4. The van der Waals surface area contributed by atoms with Crippen LogP contribution in [0.1, 0.15) is 49.7 Å². The van der Waals surface area contributed by atoms with Crippen molar-refractivity contribution in [1.82, 2.24) is 9.80 Å². The third-order valence-corrected chi connectivity index (χ3v) is 7.16. The molecule has 1 heterocycles. The van der Waals surface area contributed by atoms with E-state index < -0.39 is 11.5 Å². The second-order valence-electron chi connectivity index (χ2n) is 8.97. The van der Waals surface area contributed by atoms with Gasteiger partial charge in [-0.25, -0.2) is 4.79 Å². The van der Waals surface area contributed by atoms with Crippen molar-refractivity contribution in [1.29, 1.82) is 5.26 Å². The quantitative estimate of drug-likeness (QED) is 0.740. The maximum Gasteiger partial charge on any atom is 0.407 e. The first-order valence-corrected chi connectivity index (χ1v) is 11.4. The molecule has 0 spiro atoms. The Morgan fingerprint density at radius 2 is 1.52 bits per heavy atom. The standard InChI is InChI=1S/C26H31N3O2/c27-20-26(22-9-5-2-6-10-22)15-11-23(12-16-26)29(25(30)31)24-13-17-28(18-14-24)19-21-7-3-1-4-8-21/h1-10,23-24H,11-19H2,(H,30,31). The van der Waals surface area contributed by atoms with Gasteiger partial charge in [0.25, 0.3) is 0 Å². The van der Waals surface area contributed by atoms with Gasteiger partial charge in [0.05, 0.1) is 11.5 Å². The first kappa shape index (κ1) is 21.4. The van der Waals surface area contributed by atoms with Crippen LogP contribution in [0.15, 0.2) is 60.7 Å². The average molecular weight is 418 g/mol. The van der Waals surface area contributed by atoms with Crippen LogP contribution >= 0.6 is 0 Å². The molecule has 2 fully saturated rings. The highest BCUT2D eigenvalue weighted by molar-refractivity contribution is 5.66. The van der Waals surface area contributed by atoms with E-state index in [0.29, 0.717) is 0 Å². The lowest BCUT2D eigenvalue weighted by molar-refractivity contribution is 0.0483.